The van der Waals surface area contributed by atoms with E-state index in [1.165, 1.54) is 32.2 Å². The summed E-state index contributed by atoms with van der Waals surface area (Å²) in [7, 11) is 0. The first kappa shape index (κ1) is 11.4. The van der Waals surface area contributed by atoms with E-state index in [9.17, 15) is 0 Å². The summed E-state index contributed by atoms with van der Waals surface area (Å²) in [5, 5.41) is 0. The first-order valence-electron chi connectivity index (χ1n) is 6.38. The van der Waals surface area contributed by atoms with Crippen LogP contribution in [0.25, 0.3) is 0 Å². The van der Waals surface area contributed by atoms with Crippen molar-refractivity contribution < 1.29 is 4.74 Å². The molecule has 2 rings (SSSR count). The predicted octanol–water partition coefficient (Wildman–Crippen LogP) is 1.37. The summed E-state index contributed by atoms with van der Waals surface area (Å²) in [5.74, 6) is 0. The predicted molar refractivity (Wildman–Crippen MR) is 61.8 cm³/mol. The van der Waals surface area contributed by atoms with Crippen molar-refractivity contribution in [3.8, 4) is 0 Å². The van der Waals surface area contributed by atoms with E-state index < -0.39 is 0 Å². The lowest BCUT2D eigenvalue weighted by Gasteiger charge is -2.38. The topological polar surface area (TPSA) is 38.5 Å². The molecule has 0 radical (unpaired) electrons. The van der Waals surface area contributed by atoms with Gasteiger partial charge in [0.2, 0.25) is 0 Å². The molecule has 2 fully saturated rings. The molecule has 0 amide bonds. The Hall–Kier alpha value is -0.120. The van der Waals surface area contributed by atoms with E-state index in [1.807, 2.05) is 0 Å². The number of ether oxygens (including phenoxy) is 1. The first-order chi connectivity index (χ1) is 7.27. The second-order valence-corrected chi connectivity index (χ2v) is 5.05. The Morgan fingerprint density at radius 1 is 1.20 bits per heavy atom. The molecule has 1 heterocycles. The van der Waals surface area contributed by atoms with Gasteiger partial charge < -0.3 is 10.5 Å². The largest absolute Gasteiger partial charge is 0.377 e. The molecular weight excluding hydrogens is 188 g/mol. The molecule has 3 unspecified atom stereocenters. The van der Waals surface area contributed by atoms with Gasteiger partial charge in [0.1, 0.15) is 0 Å². The van der Waals surface area contributed by atoms with Crippen molar-refractivity contribution in [3.05, 3.63) is 0 Å². The molecule has 88 valence electrons. The van der Waals surface area contributed by atoms with Crippen LogP contribution < -0.4 is 5.73 Å². The zero-order valence-electron chi connectivity index (χ0n) is 9.82. The van der Waals surface area contributed by atoms with Crippen molar-refractivity contribution in [3.63, 3.8) is 0 Å². The highest BCUT2D eigenvalue weighted by atomic mass is 16.5. The van der Waals surface area contributed by atoms with Gasteiger partial charge in [-0.25, -0.2) is 0 Å². The highest BCUT2D eigenvalue weighted by molar-refractivity contribution is 4.87. The molecule has 3 heteroatoms. The smallest absolute Gasteiger partial charge is 0.0674 e. The molecule has 0 spiro atoms. The maximum atomic E-state index is 6.22. The standard InChI is InChI=1S/C12H24N2O/c1-10-9-14(7-4-8-15-10)12-6-3-2-5-11(12)13/h10-12H,2-9,13H2,1H3. The van der Waals surface area contributed by atoms with Crippen LogP contribution in [0.2, 0.25) is 0 Å². The Labute approximate surface area is 93.0 Å². The van der Waals surface area contributed by atoms with E-state index in [2.05, 4.69) is 11.8 Å². The van der Waals surface area contributed by atoms with Crippen LogP contribution in [0, 0.1) is 0 Å². The molecular formula is C12H24N2O. The quantitative estimate of drug-likeness (QED) is 0.713. The molecule has 15 heavy (non-hydrogen) atoms. The molecule has 3 nitrogen and oxygen atoms in total. The van der Waals surface area contributed by atoms with Gasteiger partial charge in [-0.15, -0.1) is 0 Å². The summed E-state index contributed by atoms with van der Waals surface area (Å²) < 4.78 is 5.68. The second-order valence-electron chi connectivity index (χ2n) is 5.05. The van der Waals surface area contributed by atoms with Gasteiger partial charge in [-0.2, -0.15) is 0 Å². The molecule has 0 aromatic rings. The zero-order chi connectivity index (χ0) is 10.7. The lowest BCUT2D eigenvalue weighted by molar-refractivity contribution is 0.0532. The van der Waals surface area contributed by atoms with E-state index in [1.54, 1.807) is 0 Å². The molecule has 0 aromatic carbocycles. The molecule has 3 atom stereocenters. The molecule has 2 N–H and O–H groups in total. The number of nitrogens with two attached hydrogens (primary N) is 1. The summed E-state index contributed by atoms with van der Waals surface area (Å²) in [6.45, 7) is 5.33. The molecule has 0 bridgehead atoms. The van der Waals surface area contributed by atoms with Gasteiger partial charge >= 0.3 is 0 Å². The minimum Gasteiger partial charge on any atom is -0.377 e. The molecule has 1 saturated carbocycles. The third kappa shape index (κ3) is 2.92. The van der Waals surface area contributed by atoms with Gasteiger partial charge in [-0.3, -0.25) is 4.90 Å². The van der Waals surface area contributed by atoms with Crippen LogP contribution >= 0.6 is 0 Å². The van der Waals surface area contributed by atoms with Gasteiger partial charge in [-0.05, 0) is 26.2 Å². The number of hydrogen-bond acceptors (Lipinski definition) is 3. The Kier molecular flexibility index (Phi) is 4.00. The van der Waals surface area contributed by atoms with Gasteiger partial charge in [-0.1, -0.05) is 12.8 Å². The Morgan fingerprint density at radius 2 is 2.00 bits per heavy atom. The van der Waals surface area contributed by atoms with Gasteiger partial charge in [0.25, 0.3) is 0 Å². The number of hydrogen-bond donors (Lipinski definition) is 1. The van der Waals surface area contributed by atoms with Crippen molar-refractivity contribution in [2.75, 3.05) is 19.7 Å². The summed E-state index contributed by atoms with van der Waals surface area (Å²) in [6.07, 6.45) is 6.70. The normalized spacial score (nSPS) is 40.0. The van der Waals surface area contributed by atoms with Crippen molar-refractivity contribution in [1.29, 1.82) is 0 Å². The summed E-state index contributed by atoms with van der Waals surface area (Å²) in [5.41, 5.74) is 6.22. The third-order valence-electron chi connectivity index (χ3n) is 3.73. The minimum absolute atomic E-state index is 0.377. The monoisotopic (exact) mass is 212 g/mol. The molecule has 1 aliphatic carbocycles. The summed E-state index contributed by atoms with van der Waals surface area (Å²) >= 11 is 0. The van der Waals surface area contributed by atoms with Crippen molar-refractivity contribution in [2.24, 2.45) is 5.73 Å². The molecule has 1 aliphatic heterocycles. The Balaban J connectivity index is 1.94. The highest BCUT2D eigenvalue weighted by Crippen LogP contribution is 2.23. The third-order valence-corrected chi connectivity index (χ3v) is 3.73. The molecule has 0 aromatic heterocycles. The van der Waals surface area contributed by atoms with Crippen LogP contribution in [0.1, 0.15) is 39.0 Å². The second kappa shape index (κ2) is 5.28. The average Bonchev–Trinajstić information content (AvgIpc) is 2.43. The average molecular weight is 212 g/mol. The molecule has 1 saturated heterocycles. The van der Waals surface area contributed by atoms with Crippen LogP contribution in [-0.4, -0.2) is 42.8 Å². The SMILES string of the molecule is CC1CN(C2CCCCC2N)CCCO1. The highest BCUT2D eigenvalue weighted by Gasteiger charge is 2.29. The fraction of sp³-hybridized carbons (Fsp3) is 1.00. The number of rotatable bonds is 1. The maximum Gasteiger partial charge on any atom is 0.0674 e. The van der Waals surface area contributed by atoms with Crippen molar-refractivity contribution in [1.82, 2.24) is 4.90 Å². The van der Waals surface area contributed by atoms with Gasteiger partial charge in [0.15, 0.2) is 0 Å². The zero-order valence-corrected chi connectivity index (χ0v) is 9.82. The summed E-state index contributed by atoms with van der Waals surface area (Å²) in [4.78, 5) is 2.57. The molecule has 2 aliphatic rings. The maximum absolute atomic E-state index is 6.22. The van der Waals surface area contributed by atoms with E-state index in [0.29, 0.717) is 18.2 Å². The minimum atomic E-state index is 0.377. The van der Waals surface area contributed by atoms with E-state index in [4.69, 9.17) is 10.5 Å². The van der Waals surface area contributed by atoms with E-state index in [-0.39, 0.29) is 0 Å². The van der Waals surface area contributed by atoms with E-state index in [0.717, 1.165) is 19.6 Å². The van der Waals surface area contributed by atoms with E-state index >= 15 is 0 Å². The van der Waals surface area contributed by atoms with Crippen LogP contribution in [0.4, 0.5) is 0 Å². The fourth-order valence-corrected chi connectivity index (χ4v) is 2.92. The van der Waals surface area contributed by atoms with Crippen LogP contribution in [0.15, 0.2) is 0 Å². The lowest BCUT2D eigenvalue weighted by atomic mass is 9.89. The lowest BCUT2D eigenvalue weighted by Crippen LogP contribution is -2.51. The van der Waals surface area contributed by atoms with Crippen molar-refractivity contribution in [2.45, 2.75) is 57.2 Å². The van der Waals surface area contributed by atoms with Crippen LogP contribution in [0.5, 0.6) is 0 Å². The van der Waals surface area contributed by atoms with Crippen molar-refractivity contribution >= 4 is 0 Å². The van der Waals surface area contributed by atoms with Gasteiger partial charge in [0.05, 0.1) is 6.10 Å². The Morgan fingerprint density at radius 3 is 2.80 bits per heavy atom. The van der Waals surface area contributed by atoms with Gasteiger partial charge in [0, 0.05) is 31.8 Å². The fourth-order valence-electron chi connectivity index (χ4n) is 2.92. The summed E-state index contributed by atoms with van der Waals surface area (Å²) in [6, 6.07) is 1.01. The van der Waals surface area contributed by atoms with Crippen LogP contribution in [-0.2, 0) is 4.74 Å². The Bertz CT molecular complexity index is 198. The first-order valence-corrected chi connectivity index (χ1v) is 6.38. The number of nitrogens with zero attached hydrogens (tertiary/aromatic N) is 1. The van der Waals surface area contributed by atoms with Crippen LogP contribution in [0.3, 0.4) is 0 Å².